The Morgan fingerprint density at radius 2 is 1.56 bits per heavy atom. The van der Waals surface area contributed by atoms with Gasteiger partial charge >= 0.3 is 5.97 Å². The minimum atomic E-state index is -0.864. The van der Waals surface area contributed by atoms with Crippen LogP contribution in [0.2, 0.25) is 0 Å². The van der Waals surface area contributed by atoms with Crippen LogP contribution in [0.15, 0.2) is 24.3 Å². The fourth-order valence-electron chi connectivity index (χ4n) is 4.43. The van der Waals surface area contributed by atoms with Gasteiger partial charge in [-0.15, -0.1) is 0 Å². The van der Waals surface area contributed by atoms with Gasteiger partial charge in [0.05, 0.1) is 18.4 Å². The Kier molecular flexibility index (Phi) is 7.13. The van der Waals surface area contributed by atoms with E-state index in [1.54, 1.807) is 0 Å². The summed E-state index contributed by atoms with van der Waals surface area (Å²) in [6.45, 7) is 0.735. The van der Waals surface area contributed by atoms with Crippen LogP contribution >= 0.6 is 0 Å². The molecular formula is C22H31NO4. The monoisotopic (exact) mass is 373 g/mol. The van der Waals surface area contributed by atoms with Crippen LogP contribution in [0, 0.1) is 17.8 Å². The van der Waals surface area contributed by atoms with E-state index < -0.39 is 17.8 Å². The summed E-state index contributed by atoms with van der Waals surface area (Å²) in [7, 11) is 0. The summed E-state index contributed by atoms with van der Waals surface area (Å²) in [6.07, 6.45) is 10.9. The van der Waals surface area contributed by atoms with Gasteiger partial charge in [-0.2, -0.15) is 0 Å². The molecule has 148 valence electrons. The maximum Gasteiger partial charge on any atom is 0.307 e. The van der Waals surface area contributed by atoms with Crippen molar-refractivity contribution in [2.75, 3.05) is 11.9 Å². The normalized spacial score (nSPS) is 23.6. The third-order valence-electron chi connectivity index (χ3n) is 6.06. The van der Waals surface area contributed by atoms with Crippen LogP contribution in [0.3, 0.4) is 0 Å². The molecule has 0 spiro atoms. The van der Waals surface area contributed by atoms with E-state index in [4.69, 9.17) is 4.74 Å². The van der Waals surface area contributed by atoms with Crippen molar-refractivity contribution < 1.29 is 19.4 Å². The molecule has 0 aromatic heterocycles. The third-order valence-corrected chi connectivity index (χ3v) is 6.06. The molecule has 2 atom stereocenters. The molecule has 2 N–H and O–H groups in total. The van der Waals surface area contributed by atoms with E-state index in [1.165, 1.54) is 32.1 Å². The van der Waals surface area contributed by atoms with Crippen molar-refractivity contribution in [2.45, 2.75) is 64.2 Å². The Hall–Kier alpha value is -2.04. The largest absolute Gasteiger partial charge is 0.494 e. The van der Waals surface area contributed by atoms with E-state index in [-0.39, 0.29) is 5.91 Å². The van der Waals surface area contributed by atoms with Gasteiger partial charge < -0.3 is 15.2 Å². The summed E-state index contributed by atoms with van der Waals surface area (Å²) in [4.78, 5) is 23.9. The number of nitrogens with one attached hydrogen (secondary N) is 1. The molecule has 2 unspecified atom stereocenters. The highest BCUT2D eigenvalue weighted by Gasteiger charge is 2.35. The number of carboxylic acids is 1. The molecule has 1 aromatic rings. The number of amides is 1. The first-order valence-electron chi connectivity index (χ1n) is 10.4. The summed E-state index contributed by atoms with van der Waals surface area (Å²) in [6, 6.07) is 7.39. The Bertz CT molecular complexity index is 622. The number of ether oxygens (including phenoxy) is 1. The lowest BCUT2D eigenvalue weighted by Crippen LogP contribution is -2.36. The van der Waals surface area contributed by atoms with Gasteiger partial charge in [0.15, 0.2) is 0 Å². The van der Waals surface area contributed by atoms with Crippen molar-refractivity contribution in [2.24, 2.45) is 17.8 Å². The molecule has 0 bridgehead atoms. The maximum atomic E-state index is 12.5. The molecule has 0 radical (unpaired) electrons. The van der Waals surface area contributed by atoms with Crippen molar-refractivity contribution in [3.8, 4) is 5.75 Å². The molecule has 2 aliphatic carbocycles. The first-order chi connectivity index (χ1) is 13.1. The molecule has 2 saturated carbocycles. The van der Waals surface area contributed by atoms with Crippen LogP contribution in [0.25, 0.3) is 0 Å². The lowest BCUT2D eigenvalue weighted by molar-refractivity contribution is -0.147. The van der Waals surface area contributed by atoms with Crippen molar-refractivity contribution in [1.82, 2.24) is 0 Å². The second-order valence-corrected chi connectivity index (χ2v) is 7.99. The molecule has 5 heteroatoms. The number of rotatable bonds is 7. The summed E-state index contributed by atoms with van der Waals surface area (Å²) in [5.41, 5.74) is 0.689. The molecular weight excluding hydrogens is 342 g/mol. The van der Waals surface area contributed by atoms with E-state index in [0.29, 0.717) is 18.5 Å². The molecule has 0 heterocycles. The van der Waals surface area contributed by atoms with Crippen LogP contribution in [0.5, 0.6) is 5.75 Å². The van der Waals surface area contributed by atoms with Crippen LogP contribution in [0.1, 0.15) is 64.2 Å². The Morgan fingerprint density at radius 3 is 2.22 bits per heavy atom. The number of benzene rings is 1. The zero-order valence-corrected chi connectivity index (χ0v) is 16.0. The van der Waals surface area contributed by atoms with Gasteiger partial charge in [0, 0.05) is 5.69 Å². The lowest BCUT2D eigenvalue weighted by Gasteiger charge is -2.27. The average molecular weight is 373 g/mol. The van der Waals surface area contributed by atoms with Gasteiger partial charge in [-0.1, -0.05) is 44.9 Å². The number of carbonyl (C=O) groups is 2. The standard InChI is InChI=1S/C22H31NO4/c24-21(19-8-4-5-9-20(19)22(25)26)23-17-10-12-18(13-11-17)27-15-14-16-6-2-1-3-7-16/h10-13,16,19-20H,1-9,14-15H2,(H,23,24)(H,25,26). The molecule has 0 saturated heterocycles. The van der Waals surface area contributed by atoms with Crippen LogP contribution in [0.4, 0.5) is 5.69 Å². The van der Waals surface area contributed by atoms with Gasteiger partial charge in [0.1, 0.15) is 5.75 Å². The van der Waals surface area contributed by atoms with Crippen molar-refractivity contribution >= 4 is 17.6 Å². The number of carboxylic acid groups (broad SMARTS) is 1. The fraction of sp³-hybridized carbons (Fsp3) is 0.636. The summed E-state index contributed by atoms with van der Waals surface area (Å²) < 4.78 is 5.84. The van der Waals surface area contributed by atoms with Gasteiger partial charge in [-0.25, -0.2) is 0 Å². The zero-order chi connectivity index (χ0) is 19.1. The van der Waals surface area contributed by atoms with Crippen molar-refractivity contribution in [1.29, 1.82) is 0 Å². The molecule has 0 aliphatic heterocycles. The van der Waals surface area contributed by atoms with Crippen LogP contribution < -0.4 is 10.1 Å². The highest BCUT2D eigenvalue weighted by molar-refractivity contribution is 5.95. The molecule has 5 nitrogen and oxygen atoms in total. The van der Waals surface area contributed by atoms with E-state index in [2.05, 4.69) is 5.32 Å². The fourth-order valence-corrected chi connectivity index (χ4v) is 4.43. The molecule has 3 rings (SSSR count). The molecule has 1 aromatic carbocycles. The van der Waals surface area contributed by atoms with E-state index in [9.17, 15) is 14.7 Å². The lowest BCUT2D eigenvalue weighted by atomic mass is 9.78. The maximum absolute atomic E-state index is 12.5. The Morgan fingerprint density at radius 1 is 0.926 bits per heavy atom. The third kappa shape index (κ3) is 5.72. The first kappa shape index (κ1) is 19.7. The topological polar surface area (TPSA) is 75.6 Å². The van der Waals surface area contributed by atoms with E-state index in [1.807, 2.05) is 24.3 Å². The molecule has 2 fully saturated rings. The van der Waals surface area contributed by atoms with Gasteiger partial charge in [-0.05, 0) is 49.4 Å². The number of carbonyl (C=O) groups excluding carboxylic acids is 1. The Labute approximate surface area is 161 Å². The number of hydrogen-bond donors (Lipinski definition) is 2. The molecule has 2 aliphatic rings. The quantitative estimate of drug-likeness (QED) is 0.715. The van der Waals surface area contributed by atoms with Crippen LogP contribution in [-0.2, 0) is 9.59 Å². The number of anilines is 1. The van der Waals surface area contributed by atoms with Gasteiger partial charge in [-0.3, -0.25) is 9.59 Å². The second-order valence-electron chi connectivity index (χ2n) is 7.99. The highest BCUT2D eigenvalue weighted by Crippen LogP contribution is 2.31. The summed E-state index contributed by atoms with van der Waals surface area (Å²) in [5, 5.41) is 12.2. The minimum absolute atomic E-state index is 0.187. The summed E-state index contributed by atoms with van der Waals surface area (Å²) in [5.74, 6) is -0.451. The van der Waals surface area contributed by atoms with Crippen molar-refractivity contribution in [3.63, 3.8) is 0 Å². The van der Waals surface area contributed by atoms with Gasteiger partial charge in [0.25, 0.3) is 0 Å². The molecule has 27 heavy (non-hydrogen) atoms. The van der Waals surface area contributed by atoms with Gasteiger partial charge in [0.2, 0.25) is 5.91 Å². The number of hydrogen-bond acceptors (Lipinski definition) is 3. The van der Waals surface area contributed by atoms with Crippen molar-refractivity contribution in [3.05, 3.63) is 24.3 Å². The van der Waals surface area contributed by atoms with Crippen LogP contribution in [-0.4, -0.2) is 23.6 Å². The average Bonchev–Trinajstić information content (AvgIpc) is 2.70. The zero-order valence-electron chi connectivity index (χ0n) is 16.0. The second kappa shape index (κ2) is 9.77. The predicted molar refractivity (Wildman–Crippen MR) is 105 cm³/mol. The Balaban J connectivity index is 1.46. The highest BCUT2D eigenvalue weighted by atomic mass is 16.5. The summed E-state index contributed by atoms with van der Waals surface area (Å²) >= 11 is 0. The van der Waals surface area contributed by atoms with E-state index in [0.717, 1.165) is 37.5 Å². The van der Waals surface area contributed by atoms with E-state index >= 15 is 0 Å². The predicted octanol–water partition coefficient (Wildman–Crippen LogP) is 4.87. The number of aliphatic carboxylic acids is 1. The first-order valence-corrected chi connectivity index (χ1v) is 10.4. The smallest absolute Gasteiger partial charge is 0.307 e. The SMILES string of the molecule is O=C(O)C1CCCCC1C(=O)Nc1ccc(OCCC2CCCCC2)cc1. The minimum Gasteiger partial charge on any atom is -0.494 e. The molecule has 1 amide bonds.